The minimum Gasteiger partial charge on any atom is -0.339 e. The van der Waals surface area contributed by atoms with Crippen LogP contribution in [0.15, 0.2) is 16.0 Å². The van der Waals surface area contributed by atoms with E-state index < -0.39 is 0 Å². The van der Waals surface area contributed by atoms with Gasteiger partial charge in [0.05, 0.1) is 12.0 Å². The highest BCUT2D eigenvalue weighted by molar-refractivity contribution is 7.10. The molecular formula is C14H19N3OS. The van der Waals surface area contributed by atoms with Gasteiger partial charge in [0.1, 0.15) is 0 Å². The molecule has 1 aliphatic carbocycles. The van der Waals surface area contributed by atoms with Crippen LogP contribution in [0.5, 0.6) is 0 Å². The van der Waals surface area contributed by atoms with Gasteiger partial charge in [0, 0.05) is 4.88 Å². The Morgan fingerprint density at radius 2 is 2.32 bits per heavy atom. The fourth-order valence-corrected chi connectivity index (χ4v) is 3.55. The van der Waals surface area contributed by atoms with Crippen LogP contribution in [0.2, 0.25) is 0 Å². The van der Waals surface area contributed by atoms with E-state index in [9.17, 15) is 0 Å². The van der Waals surface area contributed by atoms with Crippen LogP contribution in [-0.4, -0.2) is 10.1 Å². The predicted molar refractivity (Wildman–Crippen MR) is 75.2 cm³/mol. The van der Waals surface area contributed by atoms with Crippen molar-refractivity contribution in [3.05, 3.63) is 33.6 Å². The van der Waals surface area contributed by atoms with Gasteiger partial charge in [-0.15, -0.1) is 11.3 Å². The number of aryl methyl sites for hydroxylation is 1. The second-order valence-corrected chi connectivity index (χ2v) is 6.51. The Hall–Kier alpha value is -1.20. The number of thiophene rings is 1. The lowest BCUT2D eigenvalue weighted by molar-refractivity contribution is 0.344. The number of nitrogens with two attached hydrogens (primary N) is 1. The van der Waals surface area contributed by atoms with Crippen molar-refractivity contribution in [3.63, 3.8) is 0 Å². The third-order valence-electron chi connectivity index (χ3n) is 3.82. The summed E-state index contributed by atoms with van der Waals surface area (Å²) in [5.74, 6) is 1.93. The van der Waals surface area contributed by atoms with Gasteiger partial charge in [0.15, 0.2) is 5.82 Å². The Balaban J connectivity index is 1.89. The van der Waals surface area contributed by atoms with E-state index in [1.807, 2.05) is 11.3 Å². The van der Waals surface area contributed by atoms with E-state index in [2.05, 4.69) is 35.4 Å². The van der Waals surface area contributed by atoms with Crippen molar-refractivity contribution in [2.75, 3.05) is 0 Å². The van der Waals surface area contributed by atoms with Crippen LogP contribution in [0, 0.1) is 5.92 Å². The maximum atomic E-state index is 6.07. The van der Waals surface area contributed by atoms with Gasteiger partial charge in [-0.2, -0.15) is 4.98 Å². The molecule has 0 fully saturated rings. The van der Waals surface area contributed by atoms with E-state index in [0.29, 0.717) is 11.7 Å². The van der Waals surface area contributed by atoms with Gasteiger partial charge in [0.25, 0.3) is 0 Å². The zero-order chi connectivity index (χ0) is 13.4. The first kappa shape index (κ1) is 12.8. The minimum atomic E-state index is -0.150. The molecule has 0 bridgehead atoms. The van der Waals surface area contributed by atoms with Crippen LogP contribution in [0.3, 0.4) is 0 Å². The van der Waals surface area contributed by atoms with Gasteiger partial charge in [-0.05, 0) is 42.2 Å². The van der Waals surface area contributed by atoms with Crippen LogP contribution < -0.4 is 5.73 Å². The summed E-state index contributed by atoms with van der Waals surface area (Å²) in [6, 6.07) is 2.04. The van der Waals surface area contributed by atoms with Gasteiger partial charge in [-0.25, -0.2) is 0 Å². The van der Waals surface area contributed by atoms with Gasteiger partial charge >= 0.3 is 0 Å². The highest BCUT2D eigenvalue weighted by atomic mass is 32.1. The molecule has 0 aliphatic heterocycles. The van der Waals surface area contributed by atoms with Crippen molar-refractivity contribution in [3.8, 4) is 0 Å². The topological polar surface area (TPSA) is 64.9 Å². The van der Waals surface area contributed by atoms with Crippen molar-refractivity contribution in [1.29, 1.82) is 0 Å². The van der Waals surface area contributed by atoms with Crippen molar-refractivity contribution >= 4 is 11.3 Å². The molecule has 2 unspecified atom stereocenters. The highest BCUT2D eigenvalue weighted by Crippen LogP contribution is 2.38. The zero-order valence-electron chi connectivity index (χ0n) is 11.3. The van der Waals surface area contributed by atoms with E-state index in [4.69, 9.17) is 10.3 Å². The standard InChI is InChI=1S/C14H19N3OS/c1-8(2)12(15)13-16-14(18-17-13)10-4-3-5-11-9(10)6-7-19-11/h6-8,10,12H,3-5,15H2,1-2H3. The number of nitrogens with zero attached hydrogens (tertiary/aromatic N) is 2. The number of fused-ring (bicyclic) bond motifs is 1. The number of rotatable bonds is 3. The van der Waals surface area contributed by atoms with Crippen molar-refractivity contribution in [1.82, 2.24) is 10.1 Å². The molecule has 102 valence electrons. The molecular weight excluding hydrogens is 258 g/mol. The Bertz CT molecular complexity index is 561. The molecule has 5 heteroatoms. The molecule has 3 rings (SSSR count). The Labute approximate surface area is 117 Å². The van der Waals surface area contributed by atoms with Crippen LogP contribution in [0.4, 0.5) is 0 Å². The Morgan fingerprint density at radius 1 is 1.47 bits per heavy atom. The lowest BCUT2D eigenvalue weighted by Crippen LogP contribution is -2.18. The van der Waals surface area contributed by atoms with E-state index in [1.54, 1.807) is 0 Å². The Kier molecular flexibility index (Phi) is 3.41. The lowest BCUT2D eigenvalue weighted by atomic mass is 9.88. The quantitative estimate of drug-likeness (QED) is 0.935. The SMILES string of the molecule is CC(C)C(N)c1noc(C2CCCc3sccc32)n1. The lowest BCUT2D eigenvalue weighted by Gasteiger charge is -2.18. The van der Waals surface area contributed by atoms with Gasteiger partial charge in [0.2, 0.25) is 5.89 Å². The van der Waals surface area contributed by atoms with Gasteiger partial charge < -0.3 is 10.3 Å². The minimum absolute atomic E-state index is 0.150. The maximum Gasteiger partial charge on any atom is 0.234 e. The van der Waals surface area contributed by atoms with Crippen molar-refractivity contribution in [2.24, 2.45) is 11.7 Å². The average molecular weight is 277 g/mol. The Morgan fingerprint density at radius 3 is 3.11 bits per heavy atom. The summed E-state index contributed by atoms with van der Waals surface area (Å²) in [7, 11) is 0. The van der Waals surface area contributed by atoms with Crippen molar-refractivity contribution in [2.45, 2.75) is 45.1 Å². The largest absolute Gasteiger partial charge is 0.339 e. The molecule has 19 heavy (non-hydrogen) atoms. The van der Waals surface area contributed by atoms with Crippen LogP contribution in [0.1, 0.15) is 60.8 Å². The van der Waals surface area contributed by atoms with E-state index in [1.165, 1.54) is 23.3 Å². The second kappa shape index (κ2) is 5.06. The summed E-state index contributed by atoms with van der Waals surface area (Å²) in [4.78, 5) is 6.00. The molecule has 0 spiro atoms. The number of hydrogen-bond acceptors (Lipinski definition) is 5. The fraction of sp³-hybridized carbons (Fsp3) is 0.571. The molecule has 0 radical (unpaired) electrons. The summed E-state index contributed by atoms with van der Waals surface area (Å²) >= 11 is 1.83. The third kappa shape index (κ3) is 2.32. The number of aromatic nitrogens is 2. The first-order valence-corrected chi connectivity index (χ1v) is 7.70. The molecule has 0 saturated heterocycles. The molecule has 0 saturated carbocycles. The molecule has 2 aromatic rings. The maximum absolute atomic E-state index is 6.07. The summed E-state index contributed by atoms with van der Waals surface area (Å²) in [5, 5.41) is 6.22. The molecule has 2 heterocycles. The summed E-state index contributed by atoms with van der Waals surface area (Å²) in [5.41, 5.74) is 7.44. The predicted octanol–water partition coefficient (Wildman–Crippen LogP) is 3.26. The molecule has 2 N–H and O–H groups in total. The fourth-order valence-electron chi connectivity index (χ4n) is 2.57. The smallest absolute Gasteiger partial charge is 0.234 e. The third-order valence-corrected chi connectivity index (χ3v) is 4.82. The molecule has 0 aromatic carbocycles. The van der Waals surface area contributed by atoms with E-state index in [0.717, 1.165) is 12.3 Å². The first-order valence-electron chi connectivity index (χ1n) is 6.82. The average Bonchev–Trinajstić information content (AvgIpc) is 3.06. The normalized spacial score (nSPS) is 20.5. The van der Waals surface area contributed by atoms with Crippen LogP contribution >= 0.6 is 11.3 Å². The summed E-state index contributed by atoms with van der Waals surface area (Å²) in [6.45, 7) is 4.14. The van der Waals surface area contributed by atoms with E-state index in [-0.39, 0.29) is 12.0 Å². The molecule has 4 nitrogen and oxygen atoms in total. The molecule has 1 aliphatic rings. The van der Waals surface area contributed by atoms with Crippen LogP contribution in [0.25, 0.3) is 0 Å². The van der Waals surface area contributed by atoms with Crippen LogP contribution in [-0.2, 0) is 6.42 Å². The van der Waals surface area contributed by atoms with E-state index >= 15 is 0 Å². The molecule has 0 amide bonds. The molecule has 2 atom stereocenters. The summed E-state index contributed by atoms with van der Waals surface area (Å²) in [6.07, 6.45) is 3.45. The first-order chi connectivity index (χ1) is 9.16. The molecule has 2 aromatic heterocycles. The van der Waals surface area contributed by atoms with Crippen molar-refractivity contribution < 1.29 is 4.52 Å². The van der Waals surface area contributed by atoms with Gasteiger partial charge in [-0.1, -0.05) is 19.0 Å². The monoisotopic (exact) mass is 277 g/mol. The second-order valence-electron chi connectivity index (χ2n) is 5.50. The summed E-state index contributed by atoms with van der Waals surface area (Å²) < 4.78 is 5.47. The van der Waals surface area contributed by atoms with Gasteiger partial charge in [-0.3, -0.25) is 0 Å². The highest BCUT2D eigenvalue weighted by Gasteiger charge is 2.28. The zero-order valence-corrected chi connectivity index (χ0v) is 12.1. The number of hydrogen-bond donors (Lipinski definition) is 1.